The second kappa shape index (κ2) is 5.90. The van der Waals surface area contributed by atoms with Gasteiger partial charge in [0.25, 0.3) is 5.91 Å². The molecule has 3 heterocycles. The van der Waals surface area contributed by atoms with E-state index in [0.717, 1.165) is 19.4 Å². The number of nitrogens with one attached hydrogen (secondary N) is 1. The molecule has 1 atom stereocenters. The van der Waals surface area contributed by atoms with Gasteiger partial charge < -0.3 is 24.1 Å². The van der Waals surface area contributed by atoms with Gasteiger partial charge in [0.05, 0.1) is 25.8 Å². The lowest BCUT2D eigenvalue weighted by Gasteiger charge is -2.18. The lowest BCUT2D eigenvalue weighted by molar-refractivity contribution is -0.0543. The molecule has 2 fully saturated rings. The van der Waals surface area contributed by atoms with Crippen LogP contribution in [0.5, 0.6) is 0 Å². The third-order valence-electron chi connectivity index (χ3n) is 3.56. The van der Waals surface area contributed by atoms with E-state index in [9.17, 15) is 4.79 Å². The zero-order chi connectivity index (χ0) is 13.9. The van der Waals surface area contributed by atoms with E-state index in [-0.39, 0.29) is 18.2 Å². The highest BCUT2D eigenvalue weighted by Gasteiger charge is 2.26. The van der Waals surface area contributed by atoms with Gasteiger partial charge in [-0.15, -0.1) is 0 Å². The molecule has 2 saturated heterocycles. The van der Waals surface area contributed by atoms with E-state index in [1.54, 1.807) is 11.9 Å². The third-order valence-corrected chi connectivity index (χ3v) is 3.56. The van der Waals surface area contributed by atoms with Crippen LogP contribution in [0.15, 0.2) is 10.7 Å². The average molecular weight is 281 g/mol. The summed E-state index contributed by atoms with van der Waals surface area (Å²) in [6.45, 7) is 2.51. The number of hydrogen-bond acceptors (Lipinski definition) is 6. The van der Waals surface area contributed by atoms with Gasteiger partial charge in [0, 0.05) is 7.05 Å². The average Bonchev–Trinajstić information content (AvgIpc) is 3.18. The fraction of sp³-hybridized carbons (Fsp3) is 0.692. The van der Waals surface area contributed by atoms with Crippen molar-refractivity contribution >= 4 is 5.91 Å². The highest BCUT2D eigenvalue weighted by atomic mass is 16.7. The largest absolute Gasteiger partial charge is 0.446 e. The predicted octanol–water partition coefficient (Wildman–Crippen LogP) is 0.544. The maximum Gasteiger partial charge on any atom is 0.275 e. The highest BCUT2D eigenvalue weighted by Crippen LogP contribution is 2.22. The Morgan fingerprint density at radius 3 is 3.00 bits per heavy atom. The number of nitrogens with zero attached hydrogens (tertiary/aromatic N) is 2. The van der Waals surface area contributed by atoms with Crippen molar-refractivity contribution in [2.45, 2.75) is 25.2 Å². The first-order valence-electron chi connectivity index (χ1n) is 6.91. The minimum atomic E-state index is -0.341. The smallest absolute Gasteiger partial charge is 0.275 e. The van der Waals surface area contributed by atoms with E-state index in [2.05, 4.69) is 10.3 Å². The van der Waals surface area contributed by atoms with Gasteiger partial charge >= 0.3 is 0 Å². The van der Waals surface area contributed by atoms with E-state index in [1.807, 2.05) is 0 Å². The summed E-state index contributed by atoms with van der Waals surface area (Å²) in [6, 6.07) is 0.128. The molecule has 0 saturated carbocycles. The molecule has 2 aliphatic rings. The van der Waals surface area contributed by atoms with Crippen LogP contribution in [0.2, 0.25) is 0 Å². The van der Waals surface area contributed by atoms with Crippen molar-refractivity contribution in [2.24, 2.45) is 0 Å². The molecule has 1 aromatic rings. The summed E-state index contributed by atoms with van der Waals surface area (Å²) >= 11 is 0. The van der Waals surface area contributed by atoms with Crippen LogP contribution in [0.25, 0.3) is 0 Å². The van der Waals surface area contributed by atoms with Crippen LogP contribution in [0.1, 0.15) is 35.3 Å². The zero-order valence-corrected chi connectivity index (χ0v) is 11.5. The SMILES string of the molecule is CN(CC1OCCO1)C(=O)c1coc(C2CCCN2)n1. The molecular weight excluding hydrogens is 262 g/mol. The Morgan fingerprint density at radius 2 is 2.30 bits per heavy atom. The molecule has 1 N–H and O–H groups in total. The lowest BCUT2D eigenvalue weighted by Crippen LogP contribution is -2.35. The molecule has 0 aromatic carbocycles. The molecule has 2 aliphatic heterocycles. The van der Waals surface area contributed by atoms with Gasteiger partial charge in [-0.3, -0.25) is 4.79 Å². The fourth-order valence-electron chi connectivity index (χ4n) is 2.46. The zero-order valence-electron chi connectivity index (χ0n) is 11.5. The molecule has 0 bridgehead atoms. The van der Waals surface area contributed by atoms with Crippen molar-refractivity contribution in [2.75, 3.05) is 33.4 Å². The first kappa shape index (κ1) is 13.5. The number of carbonyl (C=O) groups is 1. The number of carbonyl (C=O) groups excluding carboxylic acids is 1. The molecule has 1 unspecified atom stereocenters. The van der Waals surface area contributed by atoms with Crippen LogP contribution < -0.4 is 5.32 Å². The standard InChI is InChI=1S/C13H19N3O4/c1-16(7-11-18-5-6-19-11)13(17)10-8-20-12(15-10)9-3-2-4-14-9/h8-9,11,14H,2-7H2,1H3. The summed E-state index contributed by atoms with van der Waals surface area (Å²) in [7, 11) is 1.70. The molecule has 1 amide bonds. The van der Waals surface area contributed by atoms with E-state index >= 15 is 0 Å². The van der Waals surface area contributed by atoms with Crippen LogP contribution in [0, 0.1) is 0 Å². The Morgan fingerprint density at radius 1 is 1.50 bits per heavy atom. The van der Waals surface area contributed by atoms with Crippen molar-refractivity contribution in [3.63, 3.8) is 0 Å². The number of likely N-dealkylation sites (N-methyl/N-ethyl adjacent to an activating group) is 1. The Hall–Kier alpha value is -1.44. The van der Waals surface area contributed by atoms with Crippen LogP contribution in [-0.2, 0) is 9.47 Å². The van der Waals surface area contributed by atoms with Gasteiger partial charge in [-0.05, 0) is 19.4 Å². The van der Waals surface area contributed by atoms with E-state index < -0.39 is 0 Å². The van der Waals surface area contributed by atoms with Gasteiger partial charge in [-0.1, -0.05) is 0 Å². The topological polar surface area (TPSA) is 76.8 Å². The van der Waals surface area contributed by atoms with E-state index in [1.165, 1.54) is 6.26 Å². The Labute approximate surface area is 117 Å². The Kier molecular flexibility index (Phi) is 4.00. The van der Waals surface area contributed by atoms with Crippen LogP contribution in [-0.4, -0.2) is 55.4 Å². The third kappa shape index (κ3) is 2.84. The molecular formula is C13H19N3O4. The number of hydrogen-bond donors (Lipinski definition) is 1. The Bertz CT molecular complexity index is 464. The molecule has 20 heavy (non-hydrogen) atoms. The number of aromatic nitrogens is 1. The van der Waals surface area contributed by atoms with Crippen molar-refractivity contribution in [3.8, 4) is 0 Å². The quantitative estimate of drug-likeness (QED) is 0.868. The lowest BCUT2D eigenvalue weighted by atomic mass is 10.2. The number of amides is 1. The fourth-order valence-corrected chi connectivity index (χ4v) is 2.46. The summed E-state index contributed by atoms with van der Waals surface area (Å²) in [6.07, 6.45) is 3.18. The molecule has 1 aromatic heterocycles. The summed E-state index contributed by atoms with van der Waals surface area (Å²) in [4.78, 5) is 18.1. The second-order valence-electron chi connectivity index (χ2n) is 5.08. The molecule has 0 spiro atoms. The van der Waals surface area contributed by atoms with Crippen molar-refractivity contribution < 1.29 is 18.7 Å². The van der Waals surface area contributed by atoms with E-state index in [4.69, 9.17) is 13.9 Å². The summed E-state index contributed by atoms with van der Waals surface area (Å²) in [5.41, 5.74) is 0.328. The molecule has 0 radical (unpaired) electrons. The molecule has 0 aliphatic carbocycles. The van der Waals surface area contributed by atoms with Crippen molar-refractivity contribution in [1.82, 2.24) is 15.2 Å². The first-order chi connectivity index (χ1) is 9.74. The summed E-state index contributed by atoms with van der Waals surface area (Å²) < 4.78 is 16.1. The molecule has 3 rings (SSSR count). The summed E-state index contributed by atoms with van der Waals surface area (Å²) in [5, 5.41) is 3.29. The Balaban J connectivity index is 1.60. The van der Waals surface area contributed by atoms with Crippen LogP contribution >= 0.6 is 0 Å². The number of rotatable bonds is 4. The molecule has 7 heteroatoms. The minimum absolute atomic E-state index is 0.128. The van der Waals surface area contributed by atoms with Crippen LogP contribution in [0.4, 0.5) is 0 Å². The number of ether oxygens (including phenoxy) is 2. The molecule has 110 valence electrons. The monoisotopic (exact) mass is 281 g/mol. The van der Waals surface area contributed by atoms with Crippen LogP contribution in [0.3, 0.4) is 0 Å². The highest BCUT2D eigenvalue weighted by molar-refractivity contribution is 5.91. The maximum absolute atomic E-state index is 12.2. The maximum atomic E-state index is 12.2. The van der Waals surface area contributed by atoms with Crippen molar-refractivity contribution in [1.29, 1.82) is 0 Å². The normalized spacial score (nSPS) is 23.4. The van der Waals surface area contributed by atoms with E-state index in [0.29, 0.717) is 31.3 Å². The first-order valence-corrected chi connectivity index (χ1v) is 6.91. The summed E-state index contributed by atoms with van der Waals surface area (Å²) in [5.74, 6) is 0.407. The van der Waals surface area contributed by atoms with Gasteiger partial charge in [-0.2, -0.15) is 0 Å². The second-order valence-corrected chi connectivity index (χ2v) is 5.08. The van der Waals surface area contributed by atoms with Gasteiger partial charge in [-0.25, -0.2) is 4.98 Å². The minimum Gasteiger partial charge on any atom is -0.446 e. The van der Waals surface area contributed by atoms with Crippen molar-refractivity contribution in [3.05, 3.63) is 17.8 Å². The predicted molar refractivity (Wildman–Crippen MR) is 69.1 cm³/mol. The van der Waals surface area contributed by atoms with Gasteiger partial charge in [0.2, 0.25) is 5.89 Å². The van der Waals surface area contributed by atoms with Gasteiger partial charge in [0.1, 0.15) is 6.26 Å². The van der Waals surface area contributed by atoms with Gasteiger partial charge in [0.15, 0.2) is 12.0 Å². The molecule has 7 nitrogen and oxygen atoms in total. The number of oxazole rings is 1.